The third kappa shape index (κ3) is 3.34. The van der Waals surface area contributed by atoms with Crippen molar-refractivity contribution in [2.75, 3.05) is 7.11 Å². The average Bonchev–Trinajstić information content (AvgIpc) is 2.39. The van der Waals surface area contributed by atoms with E-state index in [4.69, 9.17) is 16.3 Å². The molecule has 0 amide bonds. The van der Waals surface area contributed by atoms with Crippen molar-refractivity contribution in [3.8, 4) is 5.75 Å². The van der Waals surface area contributed by atoms with Crippen LogP contribution < -0.4 is 4.74 Å². The van der Waals surface area contributed by atoms with E-state index in [1.807, 2.05) is 0 Å². The molecule has 0 aliphatic heterocycles. The largest absolute Gasteiger partial charge is 0.496 e. The lowest BCUT2D eigenvalue weighted by Gasteiger charge is -2.16. The van der Waals surface area contributed by atoms with Crippen molar-refractivity contribution in [1.29, 1.82) is 0 Å². The lowest BCUT2D eigenvalue weighted by atomic mass is 10.0. The third-order valence-corrected chi connectivity index (χ3v) is 4.05. The molecular formula is C14H10Br2ClFO2. The first-order valence-corrected chi connectivity index (χ1v) is 7.55. The molecule has 0 aromatic heterocycles. The standard InChI is InChI=1S/C14H10Br2ClFO2/c1-20-13-6-12(18)11(16)5-10(13)14(19)7-2-8(15)4-9(17)3-7/h2-6,14,19H,1H3. The maximum Gasteiger partial charge on any atom is 0.141 e. The van der Waals surface area contributed by atoms with Crippen molar-refractivity contribution in [3.05, 3.63) is 61.2 Å². The SMILES string of the molecule is COc1cc(F)c(Br)cc1C(O)c1cc(Cl)cc(Br)c1. The minimum absolute atomic E-state index is 0.258. The van der Waals surface area contributed by atoms with Gasteiger partial charge in [-0.05, 0) is 45.8 Å². The maximum atomic E-state index is 13.5. The average molecular weight is 424 g/mol. The molecule has 0 aliphatic rings. The van der Waals surface area contributed by atoms with Crippen molar-refractivity contribution in [2.45, 2.75) is 6.10 Å². The molecule has 1 unspecified atom stereocenters. The molecule has 1 N–H and O–H groups in total. The highest BCUT2D eigenvalue weighted by atomic mass is 79.9. The van der Waals surface area contributed by atoms with Crippen LogP contribution in [0.2, 0.25) is 5.02 Å². The zero-order valence-electron chi connectivity index (χ0n) is 10.3. The van der Waals surface area contributed by atoms with Crippen LogP contribution in [-0.2, 0) is 0 Å². The predicted octanol–water partition coefficient (Wildman–Crippen LogP) is 5.09. The molecule has 2 aromatic rings. The molecule has 0 radical (unpaired) electrons. The monoisotopic (exact) mass is 422 g/mol. The molecule has 0 spiro atoms. The molecule has 0 aliphatic carbocycles. The number of hydrogen-bond donors (Lipinski definition) is 1. The second-order valence-corrected chi connectivity index (χ2v) is 6.32. The third-order valence-electron chi connectivity index (χ3n) is 2.77. The van der Waals surface area contributed by atoms with Gasteiger partial charge in [-0.1, -0.05) is 27.5 Å². The van der Waals surface area contributed by atoms with Gasteiger partial charge in [-0.2, -0.15) is 0 Å². The smallest absolute Gasteiger partial charge is 0.141 e. The Morgan fingerprint density at radius 1 is 1.20 bits per heavy atom. The summed E-state index contributed by atoms with van der Waals surface area (Å²) in [5.41, 5.74) is 1.04. The Bertz CT molecular complexity index is 629. The molecule has 106 valence electrons. The number of ether oxygens (including phenoxy) is 1. The van der Waals surface area contributed by atoms with Gasteiger partial charge >= 0.3 is 0 Å². The summed E-state index contributed by atoms with van der Waals surface area (Å²) in [5.74, 6) is -0.181. The fourth-order valence-corrected chi connectivity index (χ4v) is 3.09. The van der Waals surface area contributed by atoms with Crippen LogP contribution in [0.5, 0.6) is 5.75 Å². The summed E-state index contributed by atoms with van der Waals surface area (Å²) in [5, 5.41) is 11.0. The van der Waals surface area contributed by atoms with Gasteiger partial charge in [0.05, 0.1) is 11.6 Å². The van der Waals surface area contributed by atoms with Crippen LogP contribution in [0.15, 0.2) is 39.3 Å². The van der Waals surface area contributed by atoms with Gasteiger partial charge < -0.3 is 9.84 Å². The van der Waals surface area contributed by atoms with Crippen LogP contribution in [0.3, 0.4) is 0 Å². The number of benzene rings is 2. The molecular weight excluding hydrogens is 414 g/mol. The van der Waals surface area contributed by atoms with Gasteiger partial charge in [0.1, 0.15) is 17.7 Å². The van der Waals surface area contributed by atoms with Gasteiger partial charge in [-0.3, -0.25) is 0 Å². The van der Waals surface area contributed by atoms with Crippen molar-refractivity contribution < 1.29 is 14.2 Å². The molecule has 0 bridgehead atoms. The minimum Gasteiger partial charge on any atom is -0.496 e. The highest BCUT2D eigenvalue weighted by Gasteiger charge is 2.19. The van der Waals surface area contributed by atoms with Crippen LogP contribution in [0.1, 0.15) is 17.2 Å². The van der Waals surface area contributed by atoms with Crippen LogP contribution in [0.4, 0.5) is 4.39 Å². The first-order valence-electron chi connectivity index (χ1n) is 5.59. The van der Waals surface area contributed by atoms with Crippen LogP contribution in [0.25, 0.3) is 0 Å². The second kappa shape index (κ2) is 6.43. The van der Waals surface area contributed by atoms with Crippen LogP contribution >= 0.6 is 43.5 Å². The summed E-state index contributed by atoms with van der Waals surface area (Å²) in [6.45, 7) is 0. The van der Waals surface area contributed by atoms with Gasteiger partial charge in [-0.25, -0.2) is 4.39 Å². The van der Waals surface area contributed by atoms with E-state index < -0.39 is 11.9 Å². The van der Waals surface area contributed by atoms with Crippen LogP contribution in [-0.4, -0.2) is 12.2 Å². The maximum absolute atomic E-state index is 13.5. The van der Waals surface area contributed by atoms with E-state index in [9.17, 15) is 9.50 Å². The lowest BCUT2D eigenvalue weighted by Crippen LogP contribution is -2.03. The highest BCUT2D eigenvalue weighted by molar-refractivity contribution is 9.10. The molecule has 0 saturated heterocycles. The minimum atomic E-state index is -0.975. The molecule has 2 nitrogen and oxygen atoms in total. The summed E-state index contributed by atoms with van der Waals surface area (Å²) in [6.07, 6.45) is -0.975. The Morgan fingerprint density at radius 3 is 2.50 bits per heavy atom. The molecule has 2 aromatic carbocycles. The van der Waals surface area contributed by atoms with E-state index in [0.29, 0.717) is 16.1 Å². The quantitative estimate of drug-likeness (QED) is 0.743. The number of rotatable bonds is 3. The normalized spacial score (nSPS) is 12.3. The molecule has 2 rings (SSSR count). The topological polar surface area (TPSA) is 29.5 Å². The number of halogens is 4. The Labute approximate surface area is 137 Å². The van der Waals surface area contributed by atoms with Gasteiger partial charge in [0, 0.05) is 21.1 Å². The summed E-state index contributed by atoms with van der Waals surface area (Å²) < 4.78 is 19.6. The van der Waals surface area contributed by atoms with Crippen molar-refractivity contribution in [3.63, 3.8) is 0 Å². The fraction of sp³-hybridized carbons (Fsp3) is 0.143. The van der Waals surface area contributed by atoms with E-state index in [0.717, 1.165) is 4.47 Å². The Morgan fingerprint density at radius 2 is 1.90 bits per heavy atom. The van der Waals surface area contributed by atoms with Crippen LogP contribution in [0, 0.1) is 5.82 Å². The first kappa shape index (κ1) is 15.8. The lowest BCUT2D eigenvalue weighted by molar-refractivity contribution is 0.214. The van der Waals surface area contributed by atoms with Gasteiger partial charge in [0.2, 0.25) is 0 Å². The fourth-order valence-electron chi connectivity index (χ4n) is 1.85. The van der Waals surface area contributed by atoms with E-state index in [1.165, 1.54) is 19.2 Å². The van der Waals surface area contributed by atoms with Gasteiger partial charge in [0.25, 0.3) is 0 Å². The predicted molar refractivity (Wildman–Crippen MR) is 83.9 cm³/mol. The number of hydrogen-bond acceptors (Lipinski definition) is 2. The molecule has 0 fully saturated rings. The number of aliphatic hydroxyl groups is 1. The summed E-state index contributed by atoms with van der Waals surface area (Å²) in [7, 11) is 1.42. The van der Waals surface area contributed by atoms with E-state index in [-0.39, 0.29) is 10.2 Å². The molecule has 20 heavy (non-hydrogen) atoms. The molecule has 1 atom stereocenters. The van der Waals surface area contributed by atoms with Crippen molar-refractivity contribution >= 4 is 43.5 Å². The van der Waals surface area contributed by atoms with Gasteiger partial charge in [-0.15, -0.1) is 0 Å². The van der Waals surface area contributed by atoms with Crippen molar-refractivity contribution in [1.82, 2.24) is 0 Å². The zero-order chi connectivity index (χ0) is 14.9. The molecule has 0 heterocycles. The molecule has 0 saturated carbocycles. The Kier molecular flexibility index (Phi) is 5.07. The van der Waals surface area contributed by atoms with Crippen molar-refractivity contribution in [2.24, 2.45) is 0 Å². The summed E-state index contributed by atoms with van der Waals surface area (Å²) in [6, 6.07) is 7.83. The van der Waals surface area contributed by atoms with E-state index >= 15 is 0 Å². The van der Waals surface area contributed by atoms with E-state index in [1.54, 1.807) is 18.2 Å². The van der Waals surface area contributed by atoms with E-state index in [2.05, 4.69) is 31.9 Å². The van der Waals surface area contributed by atoms with Gasteiger partial charge in [0.15, 0.2) is 0 Å². The Balaban J connectivity index is 2.52. The highest BCUT2D eigenvalue weighted by Crippen LogP contribution is 2.35. The summed E-state index contributed by atoms with van der Waals surface area (Å²) in [4.78, 5) is 0. The number of methoxy groups -OCH3 is 1. The second-order valence-electron chi connectivity index (χ2n) is 4.11. The number of aliphatic hydroxyl groups excluding tert-OH is 1. The summed E-state index contributed by atoms with van der Waals surface area (Å²) >= 11 is 12.4. The molecule has 6 heteroatoms. The first-order chi connectivity index (χ1) is 9.42. The zero-order valence-corrected chi connectivity index (χ0v) is 14.3. The Hall–Kier alpha value is -0.620.